The number of amides is 1. The normalized spacial score (nSPS) is 11.9. The number of nitrogens with one attached hydrogen (secondary N) is 1. The Morgan fingerprint density at radius 2 is 1.88 bits per heavy atom. The lowest BCUT2D eigenvalue weighted by Gasteiger charge is -2.14. The molecule has 1 aromatic rings. The average Bonchev–Trinajstić information content (AvgIpc) is 2.30. The summed E-state index contributed by atoms with van der Waals surface area (Å²) in [6.45, 7) is 5.34. The molecule has 0 aliphatic rings. The van der Waals surface area contributed by atoms with Gasteiger partial charge in [0.25, 0.3) is 0 Å². The van der Waals surface area contributed by atoms with Gasteiger partial charge in [-0.25, -0.2) is 0 Å². The molecule has 1 unspecified atom stereocenters. The van der Waals surface area contributed by atoms with E-state index in [1.54, 1.807) is 0 Å². The van der Waals surface area contributed by atoms with Gasteiger partial charge < -0.3 is 5.32 Å². The molecule has 92 valence electrons. The maximum atomic E-state index is 11.9. The predicted molar refractivity (Wildman–Crippen MR) is 68.9 cm³/mol. The highest BCUT2D eigenvalue weighted by atomic mass is 16.2. The quantitative estimate of drug-likeness (QED) is 0.795. The lowest BCUT2D eigenvalue weighted by molar-refractivity contribution is -0.129. The number of Topliss-reactive ketones (excluding diaryl/α,β-unsaturated/α-hetero) is 1. The monoisotopic (exact) mass is 233 g/mol. The summed E-state index contributed by atoms with van der Waals surface area (Å²) in [5.41, 5.74) is 1.89. The highest BCUT2D eigenvalue weighted by molar-refractivity contribution is 6.06. The Balaban J connectivity index is 2.83. The summed E-state index contributed by atoms with van der Waals surface area (Å²) in [7, 11) is 0. The van der Waals surface area contributed by atoms with Crippen LogP contribution in [0, 0.1) is 5.92 Å². The molecule has 0 aliphatic heterocycles. The molecule has 0 saturated carbocycles. The standard InChI is InChI=1S/C14H19NO2/c1-4-11-8-6-7-9-13(11)15-14(17)12(5-2)10(3)16/h6-9,12H,4-5H2,1-3H3,(H,15,17). The fourth-order valence-corrected chi connectivity index (χ4v) is 1.83. The van der Waals surface area contributed by atoms with Crippen LogP contribution in [0.15, 0.2) is 24.3 Å². The molecule has 0 heterocycles. The van der Waals surface area contributed by atoms with E-state index in [1.807, 2.05) is 38.1 Å². The largest absolute Gasteiger partial charge is 0.325 e. The molecular weight excluding hydrogens is 214 g/mol. The van der Waals surface area contributed by atoms with Crippen molar-refractivity contribution in [3.8, 4) is 0 Å². The maximum Gasteiger partial charge on any atom is 0.234 e. The Hall–Kier alpha value is -1.64. The minimum Gasteiger partial charge on any atom is -0.325 e. The summed E-state index contributed by atoms with van der Waals surface area (Å²) in [4.78, 5) is 23.2. The zero-order chi connectivity index (χ0) is 12.8. The summed E-state index contributed by atoms with van der Waals surface area (Å²) in [5.74, 6) is -0.834. The Kier molecular flexibility index (Phi) is 4.88. The molecule has 1 aromatic carbocycles. The molecule has 3 nitrogen and oxygen atoms in total. The second kappa shape index (κ2) is 6.18. The minimum absolute atomic E-state index is 0.0843. The Morgan fingerprint density at radius 1 is 1.24 bits per heavy atom. The number of rotatable bonds is 5. The van der Waals surface area contributed by atoms with E-state index in [2.05, 4.69) is 5.32 Å². The van der Waals surface area contributed by atoms with Gasteiger partial charge in [-0.2, -0.15) is 0 Å². The number of anilines is 1. The number of ketones is 1. The first-order valence-electron chi connectivity index (χ1n) is 5.99. The molecule has 0 radical (unpaired) electrons. The number of benzene rings is 1. The average molecular weight is 233 g/mol. The van der Waals surface area contributed by atoms with Gasteiger partial charge in [-0.1, -0.05) is 32.0 Å². The number of carbonyl (C=O) groups is 2. The molecule has 1 atom stereocenters. The van der Waals surface area contributed by atoms with Crippen LogP contribution in [-0.2, 0) is 16.0 Å². The number of hydrogen-bond donors (Lipinski definition) is 1. The van der Waals surface area contributed by atoms with E-state index in [-0.39, 0.29) is 11.7 Å². The predicted octanol–water partition coefficient (Wildman–Crippen LogP) is 2.80. The van der Waals surface area contributed by atoms with E-state index in [0.29, 0.717) is 6.42 Å². The first kappa shape index (κ1) is 13.4. The second-order valence-electron chi connectivity index (χ2n) is 4.07. The third-order valence-electron chi connectivity index (χ3n) is 2.87. The van der Waals surface area contributed by atoms with Crippen LogP contribution in [0.25, 0.3) is 0 Å². The molecule has 0 aliphatic carbocycles. The van der Waals surface area contributed by atoms with Gasteiger partial charge in [0, 0.05) is 5.69 Å². The number of hydrogen-bond acceptors (Lipinski definition) is 2. The number of para-hydroxylation sites is 1. The smallest absolute Gasteiger partial charge is 0.234 e. The van der Waals surface area contributed by atoms with E-state index < -0.39 is 5.92 Å². The van der Waals surface area contributed by atoms with Gasteiger partial charge in [-0.3, -0.25) is 9.59 Å². The zero-order valence-electron chi connectivity index (χ0n) is 10.6. The summed E-state index contributed by atoms with van der Waals surface area (Å²) < 4.78 is 0. The summed E-state index contributed by atoms with van der Waals surface area (Å²) in [5, 5.41) is 2.83. The fraction of sp³-hybridized carbons (Fsp3) is 0.429. The molecule has 0 fully saturated rings. The van der Waals surface area contributed by atoms with Crippen LogP contribution in [0.1, 0.15) is 32.8 Å². The topological polar surface area (TPSA) is 46.2 Å². The highest BCUT2D eigenvalue weighted by Crippen LogP contribution is 2.17. The lowest BCUT2D eigenvalue weighted by Crippen LogP contribution is -2.28. The van der Waals surface area contributed by atoms with Crippen molar-refractivity contribution >= 4 is 17.4 Å². The minimum atomic E-state index is -0.542. The van der Waals surface area contributed by atoms with E-state index in [9.17, 15) is 9.59 Å². The lowest BCUT2D eigenvalue weighted by atomic mass is 10.0. The van der Waals surface area contributed by atoms with Gasteiger partial charge >= 0.3 is 0 Å². The van der Waals surface area contributed by atoms with Gasteiger partial charge in [-0.15, -0.1) is 0 Å². The van der Waals surface area contributed by atoms with Crippen molar-refractivity contribution in [3.05, 3.63) is 29.8 Å². The van der Waals surface area contributed by atoms with Crippen molar-refractivity contribution in [2.24, 2.45) is 5.92 Å². The van der Waals surface area contributed by atoms with Gasteiger partial charge in [0.2, 0.25) is 5.91 Å². The molecule has 0 spiro atoms. The van der Waals surface area contributed by atoms with Crippen molar-refractivity contribution in [2.75, 3.05) is 5.32 Å². The molecule has 1 amide bonds. The van der Waals surface area contributed by atoms with Crippen LogP contribution in [0.4, 0.5) is 5.69 Å². The molecule has 1 rings (SSSR count). The first-order chi connectivity index (χ1) is 8.10. The van der Waals surface area contributed by atoms with Crippen molar-refractivity contribution in [2.45, 2.75) is 33.6 Å². The van der Waals surface area contributed by atoms with Gasteiger partial charge in [-0.05, 0) is 31.4 Å². The molecular formula is C14H19NO2. The zero-order valence-corrected chi connectivity index (χ0v) is 10.6. The molecule has 0 saturated heterocycles. The first-order valence-corrected chi connectivity index (χ1v) is 5.99. The Labute approximate surface area is 102 Å². The van der Waals surface area contributed by atoms with Crippen LogP contribution in [0.3, 0.4) is 0 Å². The summed E-state index contributed by atoms with van der Waals surface area (Å²) >= 11 is 0. The SMILES string of the molecule is CCc1ccccc1NC(=O)C(CC)C(C)=O. The Bertz CT molecular complexity index is 412. The van der Waals surface area contributed by atoms with Crippen LogP contribution in [0.2, 0.25) is 0 Å². The summed E-state index contributed by atoms with van der Waals surface area (Å²) in [6.07, 6.45) is 1.39. The van der Waals surface area contributed by atoms with E-state index in [0.717, 1.165) is 17.7 Å². The van der Waals surface area contributed by atoms with E-state index in [1.165, 1.54) is 6.92 Å². The molecule has 3 heteroatoms. The molecule has 0 bridgehead atoms. The van der Waals surface area contributed by atoms with Crippen molar-refractivity contribution < 1.29 is 9.59 Å². The molecule has 1 N–H and O–H groups in total. The van der Waals surface area contributed by atoms with Crippen LogP contribution >= 0.6 is 0 Å². The molecule has 17 heavy (non-hydrogen) atoms. The fourth-order valence-electron chi connectivity index (χ4n) is 1.83. The maximum absolute atomic E-state index is 11.9. The van der Waals surface area contributed by atoms with Gasteiger partial charge in [0.15, 0.2) is 0 Å². The second-order valence-corrected chi connectivity index (χ2v) is 4.07. The van der Waals surface area contributed by atoms with Crippen molar-refractivity contribution in [3.63, 3.8) is 0 Å². The van der Waals surface area contributed by atoms with Crippen LogP contribution in [-0.4, -0.2) is 11.7 Å². The van der Waals surface area contributed by atoms with E-state index in [4.69, 9.17) is 0 Å². The van der Waals surface area contributed by atoms with Crippen LogP contribution in [0.5, 0.6) is 0 Å². The number of carbonyl (C=O) groups excluding carboxylic acids is 2. The van der Waals surface area contributed by atoms with E-state index >= 15 is 0 Å². The molecule has 0 aromatic heterocycles. The van der Waals surface area contributed by atoms with Gasteiger partial charge in [0.1, 0.15) is 5.78 Å². The Morgan fingerprint density at radius 3 is 2.41 bits per heavy atom. The third kappa shape index (κ3) is 3.41. The third-order valence-corrected chi connectivity index (χ3v) is 2.87. The van der Waals surface area contributed by atoms with Gasteiger partial charge in [0.05, 0.1) is 5.92 Å². The van der Waals surface area contributed by atoms with Crippen molar-refractivity contribution in [1.29, 1.82) is 0 Å². The van der Waals surface area contributed by atoms with Crippen LogP contribution < -0.4 is 5.32 Å². The van der Waals surface area contributed by atoms with Crippen molar-refractivity contribution in [1.82, 2.24) is 0 Å². The summed E-state index contributed by atoms with van der Waals surface area (Å²) in [6, 6.07) is 7.66. The number of aryl methyl sites for hydroxylation is 1. The highest BCUT2D eigenvalue weighted by Gasteiger charge is 2.21.